The summed E-state index contributed by atoms with van der Waals surface area (Å²) in [5.41, 5.74) is 1.62. The molecule has 1 aromatic carbocycles. The van der Waals surface area contributed by atoms with Crippen molar-refractivity contribution in [2.75, 3.05) is 12.4 Å². The van der Waals surface area contributed by atoms with Gasteiger partial charge in [-0.3, -0.25) is 0 Å². The Balaban J connectivity index is 2.63. The van der Waals surface area contributed by atoms with E-state index >= 15 is 0 Å². The molecule has 0 unspecified atom stereocenters. The maximum Gasteiger partial charge on any atom is 0.164 e. The van der Waals surface area contributed by atoms with Crippen LogP contribution >= 0.6 is 23.2 Å². The first-order valence-corrected chi connectivity index (χ1v) is 6.41. The van der Waals surface area contributed by atoms with E-state index < -0.39 is 0 Å². The van der Waals surface area contributed by atoms with Crippen molar-refractivity contribution in [2.24, 2.45) is 0 Å². The molecule has 0 aliphatic rings. The quantitative estimate of drug-likeness (QED) is 0.922. The molecule has 0 radical (unpaired) electrons. The molecule has 0 spiro atoms. The van der Waals surface area contributed by atoms with Crippen molar-refractivity contribution < 1.29 is 0 Å². The number of anilines is 1. The van der Waals surface area contributed by atoms with Crippen molar-refractivity contribution in [3.05, 3.63) is 40.0 Å². The van der Waals surface area contributed by atoms with Crippen molar-refractivity contribution in [1.29, 1.82) is 0 Å². The Morgan fingerprint density at radius 1 is 1.17 bits per heavy atom. The summed E-state index contributed by atoms with van der Waals surface area (Å²) >= 11 is 12.3. The largest absolute Gasteiger partial charge is 0.373 e. The van der Waals surface area contributed by atoms with Crippen molar-refractivity contribution in [1.82, 2.24) is 9.97 Å². The topological polar surface area (TPSA) is 37.8 Å². The van der Waals surface area contributed by atoms with Gasteiger partial charge in [0.25, 0.3) is 0 Å². The monoisotopic (exact) mass is 281 g/mol. The van der Waals surface area contributed by atoms with Crippen molar-refractivity contribution >= 4 is 29.0 Å². The van der Waals surface area contributed by atoms with E-state index in [0.29, 0.717) is 21.4 Å². The predicted molar refractivity (Wildman–Crippen MR) is 76.4 cm³/mol. The van der Waals surface area contributed by atoms with E-state index in [4.69, 9.17) is 23.2 Å². The van der Waals surface area contributed by atoms with Gasteiger partial charge < -0.3 is 5.32 Å². The van der Waals surface area contributed by atoms with Crippen molar-refractivity contribution in [3.8, 4) is 11.4 Å². The number of nitrogens with zero attached hydrogens (tertiary/aromatic N) is 2. The molecule has 94 valence electrons. The molecular weight excluding hydrogens is 269 g/mol. The lowest BCUT2D eigenvalue weighted by Gasteiger charge is -2.09. The number of nitrogens with one attached hydrogen (secondary N) is 1. The summed E-state index contributed by atoms with van der Waals surface area (Å²) in [5.74, 6) is 1.31. The lowest BCUT2D eigenvalue weighted by atomic mass is 10.2. The van der Waals surface area contributed by atoms with E-state index in [1.165, 1.54) is 0 Å². The fourth-order valence-electron chi connectivity index (χ4n) is 1.63. The van der Waals surface area contributed by atoms with Crippen LogP contribution in [0.15, 0.2) is 24.3 Å². The molecule has 1 N–H and O–H groups in total. The van der Waals surface area contributed by atoms with Gasteiger partial charge in [0.1, 0.15) is 5.82 Å². The van der Waals surface area contributed by atoms with Crippen LogP contribution in [0.4, 0.5) is 5.82 Å². The van der Waals surface area contributed by atoms with Gasteiger partial charge in [-0.25, -0.2) is 9.97 Å². The number of hydrogen-bond acceptors (Lipinski definition) is 3. The molecule has 0 aliphatic carbocycles. The van der Waals surface area contributed by atoms with Crippen LogP contribution in [0.1, 0.15) is 12.6 Å². The van der Waals surface area contributed by atoms with Gasteiger partial charge in [0.15, 0.2) is 5.82 Å². The van der Waals surface area contributed by atoms with Crippen LogP contribution in [0.5, 0.6) is 0 Å². The van der Waals surface area contributed by atoms with Crippen LogP contribution in [0.2, 0.25) is 10.0 Å². The molecule has 1 aromatic heterocycles. The van der Waals surface area contributed by atoms with Crippen LogP contribution in [-0.4, -0.2) is 17.0 Å². The van der Waals surface area contributed by atoms with E-state index in [-0.39, 0.29) is 0 Å². The number of rotatable bonds is 3. The maximum absolute atomic E-state index is 6.17. The summed E-state index contributed by atoms with van der Waals surface area (Å²) in [5, 5.41) is 4.12. The summed E-state index contributed by atoms with van der Waals surface area (Å²) in [6.07, 6.45) is 0.826. The van der Waals surface area contributed by atoms with Crippen LogP contribution < -0.4 is 5.32 Å². The Kier molecular flexibility index (Phi) is 4.04. The SMILES string of the molecule is CCc1cc(NC)nc(-c2c(Cl)cccc2Cl)n1. The second-order valence-electron chi connectivity index (χ2n) is 3.77. The molecule has 1 heterocycles. The molecule has 3 nitrogen and oxygen atoms in total. The number of aromatic nitrogens is 2. The van der Waals surface area contributed by atoms with Gasteiger partial charge in [0.2, 0.25) is 0 Å². The average molecular weight is 282 g/mol. The van der Waals surface area contributed by atoms with Gasteiger partial charge in [0.05, 0.1) is 15.6 Å². The highest BCUT2D eigenvalue weighted by atomic mass is 35.5. The third-order valence-electron chi connectivity index (χ3n) is 2.58. The molecule has 2 rings (SSSR count). The third-order valence-corrected chi connectivity index (χ3v) is 3.21. The molecule has 0 aliphatic heterocycles. The van der Waals surface area contributed by atoms with Crippen molar-refractivity contribution in [2.45, 2.75) is 13.3 Å². The fourth-order valence-corrected chi connectivity index (χ4v) is 2.20. The lowest BCUT2D eigenvalue weighted by molar-refractivity contribution is 1.01. The summed E-state index contributed by atoms with van der Waals surface area (Å²) in [6.45, 7) is 2.04. The first-order valence-electron chi connectivity index (χ1n) is 5.65. The van der Waals surface area contributed by atoms with E-state index in [1.54, 1.807) is 18.2 Å². The zero-order chi connectivity index (χ0) is 13.1. The number of hydrogen-bond donors (Lipinski definition) is 1. The minimum Gasteiger partial charge on any atom is -0.373 e. The molecule has 0 atom stereocenters. The Bertz CT molecular complexity index is 528. The molecule has 0 amide bonds. The van der Waals surface area contributed by atoms with Crippen LogP contribution in [-0.2, 0) is 6.42 Å². The first kappa shape index (κ1) is 13.1. The molecule has 0 bridgehead atoms. The summed E-state index contributed by atoms with van der Waals surface area (Å²) in [6, 6.07) is 7.28. The standard InChI is InChI=1S/C13H13Cl2N3/c1-3-8-7-11(16-2)18-13(17-8)12-9(14)5-4-6-10(12)15/h4-7H,3H2,1-2H3,(H,16,17,18). The van der Waals surface area contributed by atoms with Gasteiger partial charge in [0, 0.05) is 18.8 Å². The molecule has 2 aromatic rings. The lowest BCUT2D eigenvalue weighted by Crippen LogP contribution is -2.00. The molecule has 0 saturated carbocycles. The molecule has 5 heteroatoms. The minimum atomic E-state index is 0.550. The highest BCUT2D eigenvalue weighted by Crippen LogP contribution is 2.33. The third kappa shape index (κ3) is 2.57. The van der Waals surface area contributed by atoms with Gasteiger partial charge in [-0.2, -0.15) is 0 Å². The Morgan fingerprint density at radius 3 is 2.39 bits per heavy atom. The highest BCUT2D eigenvalue weighted by Gasteiger charge is 2.12. The Hall–Kier alpha value is -1.32. The summed E-state index contributed by atoms with van der Waals surface area (Å²) < 4.78 is 0. The fraction of sp³-hybridized carbons (Fsp3) is 0.231. The van der Waals surface area contributed by atoms with Gasteiger partial charge in [-0.15, -0.1) is 0 Å². The maximum atomic E-state index is 6.17. The molecular formula is C13H13Cl2N3. The van der Waals surface area contributed by atoms with Crippen molar-refractivity contribution in [3.63, 3.8) is 0 Å². The molecule has 0 fully saturated rings. The average Bonchev–Trinajstić information content (AvgIpc) is 2.38. The van der Waals surface area contributed by atoms with Crippen LogP contribution in [0, 0.1) is 0 Å². The smallest absolute Gasteiger partial charge is 0.164 e. The van der Waals surface area contributed by atoms with E-state index in [2.05, 4.69) is 15.3 Å². The Labute approximate surface area is 116 Å². The minimum absolute atomic E-state index is 0.550. The summed E-state index contributed by atoms with van der Waals surface area (Å²) in [4.78, 5) is 8.87. The highest BCUT2D eigenvalue weighted by molar-refractivity contribution is 6.38. The van der Waals surface area contributed by atoms with Crippen LogP contribution in [0.25, 0.3) is 11.4 Å². The van der Waals surface area contributed by atoms with Gasteiger partial charge >= 0.3 is 0 Å². The normalized spacial score (nSPS) is 10.4. The van der Waals surface area contributed by atoms with Gasteiger partial charge in [-0.1, -0.05) is 36.2 Å². The first-order chi connectivity index (χ1) is 8.65. The number of aryl methyl sites for hydroxylation is 1. The van der Waals surface area contributed by atoms with Crippen LogP contribution in [0.3, 0.4) is 0 Å². The van der Waals surface area contributed by atoms with E-state index in [1.807, 2.05) is 20.0 Å². The van der Waals surface area contributed by atoms with Gasteiger partial charge in [-0.05, 0) is 18.6 Å². The number of benzene rings is 1. The van der Waals surface area contributed by atoms with E-state index in [0.717, 1.165) is 17.9 Å². The summed E-state index contributed by atoms with van der Waals surface area (Å²) in [7, 11) is 1.82. The zero-order valence-corrected chi connectivity index (χ0v) is 11.7. The zero-order valence-electron chi connectivity index (χ0n) is 10.2. The Morgan fingerprint density at radius 2 is 1.83 bits per heavy atom. The molecule has 18 heavy (non-hydrogen) atoms. The second-order valence-corrected chi connectivity index (χ2v) is 4.58. The second kappa shape index (κ2) is 5.55. The predicted octanol–water partition coefficient (Wildman–Crippen LogP) is 4.05. The van der Waals surface area contributed by atoms with E-state index in [9.17, 15) is 0 Å². The molecule has 0 saturated heterocycles. The number of halogens is 2.